The lowest BCUT2D eigenvalue weighted by atomic mass is 10.1. The third-order valence-corrected chi connectivity index (χ3v) is 3.75. The molecule has 1 unspecified atom stereocenters. The van der Waals surface area contributed by atoms with E-state index in [9.17, 15) is 4.79 Å². The number of carbonyl (C=O) groups is 1. The first-order valence-electron chi connectivity index (χ1n) is 6.49. The Balaban J connectivity index is 2.09. The number of ketones is 1. The summed E-state index contributed by atoms with van der Waals surface area (Å²) in [6, 6.07) is 4.76. The molecule has 2 rings (SSSR count). The molecule has 0 bridgehead atoms. The van der Waals surface area contributed by atoms with Gasteiger partial charge in [-0.1, -0.05) is 36.2 Å². The number of benzene rings is 1. The van der Waals surface area contributed by atoms with Gasteiger partial charge in [0, 0.05) is 16.5 Å². The number of hydrogen-bond donors (Lipinski definition) is 1. The van der Waals surface area contributed by atoms with Crippen LogP contribution in [0.1, 0.15) is 24.7 Å². The average molecular weight is 328 g/mol. The van der Waals surface area contributed by atoms with Crippen LogP contribution in [0, 0.1) is 0 Å². The van der Waals surface area contributed by atoms with Crippen molar-refractivity contribution >= 4 is 29.0 Å². The van der Waals surface area contributed by atoms with Crippen molar-refractivity contribution in [1.82, 2.24) is 20.2 Å². The highest BCUT2D eigenvalue weighted by Gasteiger charge is 2.15. The minimum Gasteiger partial charge on any atom is -0.321 e. The zero-order chi connectivity index (χ0) is 15.4. The third kappa shape index (κ3) is 4.00. The van der Waals surface area contributed by atoms with Gasteiger partial charge < -0.3 is 5.73 Å². The number of rotatable bonds is 6. The van der Waals surface area contributed by atoms with Crippen LogP contribution in [0.4, 0.5) is 0 Å². The van der Waals surface area contributed by atoms with E-state index in [1.54, 1.807) is 18.2 Å². The maximum absolute atomic E-state index is 11.7. The van der Waals surface area contributed by atoms with Gasteiger partial charge >= 0.3 is 0 Å². The first kappa shape index (κ1) is 15.9. The highest BCUT2D eigenvalue weighted by Crippen LogP contribution is 2.25. The Bertz CT molecular complexity index is 623. The highest BCUT2D eigenvalue weighted by atomic mass is 35.5. The van der Waals surface area contributed by atoms with E-state index in [0.29, 0.717) is 28.7 Å². The van der Waals surface area contributed by atoms with Crippen LogP contribution < -0.4 is 5.73 Å². The van der Waals surface area contributed by atoms with Crippen molar-refractivity contribution in [3.8, 4) is 0 Å². The number of carbonyl (C=O) groups excluding carboxylic acids is 1. The molecule has 6 nitrogen and oxygen atoms in total. The maximum atomic E-state index is 11.7. The van der Waals surface area contributed by atoms with Crippen molar-refractivity contribution in [2.75, 3.05) is 0 Å². The minimum atomic E-state index is -0.502. The van der Waals surface area contributed by atoms with Crippen molar-refractivity contribution in [1.29, 1.82) is 0 Å². The predicted octanol–water partition coefficient (Wildman–Crippen LogP) is 1.88. The van der Waals surface area contributed by atoms with E-state index in [1.165, 1.54) is 4.80 Å². The molecule has 2 aromatic rings. The summed E-state index contributed by atoms with van der Waals surface area (Å²) in [5.41, 5.74) is 6.39. The SMILES string of the molecule is CCC(N)C(=O)Cn1nnc(Cc2c(Cl)cccc2Cl)n1. The van der Waals surface area contributed by atoms with Crippen LogP contribution in [0.5, 0.6) is 0 Å². The molecule has 0 fully saturated rings. The molecule has 0 amide bonds. The van der Waals surface area contributed by atoms with E-state index in [4.69, 9.17) is 28.9 Å². The lowest BCUT2D eigenvalue weighted by Crippen LogP contribution is -2.33. The van der Waals surface area contributed by atoms with Gasteiger partial charge in [0.15, 0.2) is 11.6 Å². The molecular weight excluding hydrogens is 313 g/mol. The van der Waals surface area contributed by atoms with Crippen LogP contribution in [0.15, 0.2) is 18.2 Å². The molecule has 0 saturated carbocycles. The zero-order valence-corrected chi connectivity index (χ0v) is 13.0. The van der Waals surface area contributed by atoms with Crippen LogP contribution in [0.3, 0.4) is 0 Å². The topological polar surface area (TPSA) is 86.7 Å². The molecule has 21 heavy (non-hydrogen) atoms. The molecule has 1 atom stereocenters. The highest BCUT2D eigenvalue weighted by molar-refractivity contribution is 6.36. The number of hydrogen-bond acceptors (Lipinski definition) is 5. The summed E-state index contributed by atoms with van der Waals surface area (Å²) in [6.45, 7) is 1.86. The second-order valence-corrected chi connectivity index (χ2v) is 5.41. The van der Waals surface area contributed by atoms with E-state index in [2.05, 4.69) is 15.4 Å². The average Bonchev–Trinajstić information content (AvgIpc) is 2.89. The van der Waals surface area contributed by atoms with Gasteiger partial charge in [0.2, 0.25) is 0 Å². The van der Waals surface area contributed by atoms with Gasteiger partial charge in [-0.2, -0.15) is 4.80 Å². The van der Waals surface area contributed by atoms with E-state index in [1.807, 2.05) is 6.92 Å². The number of aromatic nitrogens is 4. The van der Waals surface area contributed by atoms with Crippen LogP contribution in [-0.4, -0.2) is 32.0 Å². The summed E-state index contributed by atoms with van der Waals surface area (Å²) in [5, 5.41) is 13.0. The van der Waals surface area contributed by atoms with Crippen LogP contribution in [-0.2, 0) is 17.8 Å². The number of nitrogens with zero attached hydrogens (tertiary/aromatic N) is 4. The Morgan fingerprint density at radius 2 is 2.05 bits per heavy atom. The Morgan fingerprint density at radius 3 is 2.67 bits per heavy atom. The lowest BCUT2D eigenvalue weighted by molar-refractivity contribution is -0.121. The molecule has 0 spiro atoms. The molecule has 0 radical (unpaired) electrons. The smallest absolute Gasteiger partial charge is 0.179 e. The molecule has 1 heterocycles. The van der Waals surface area contributed by atoms with Gasteiger partial charge in [-0.25, -0.2) is 0 Å². The fourth-order valence-corrected chi connectivity index (χ4v) is 2.29. The van der Waals surface area contributed by atoms with E-state index < -0.39 is 6.04 Å². The molecule has 112 valence electrons. The summed E-state index contributed by atoms with van der Waals surface area (Å²) in [5.74, 6) is 0.320. The Labute approximate surface area is 132 Å². The summed E-state index contributed by atoms with van der Waals surface area (Å²) in [6.07, 6.45) is 0.933. The van der Waals surface area contributed by atoms with Gasteiger partial charge in [-0.3, -0.25) is 4.79 Å². The summed E-state index contributed by atoms with van der Waals surface area (Å²) in [4.78, 5) is 13.0. The Hall–Kier alpha value is -1.50. The molecule has 0 aliphatic carbocycles. The van der Waals surface area contributed by atoms with Crippen molar-refractivity contribution in [2.45, 2.75) is 32.4 Å². The van der Waals surface area contributed by atoms with Gasteiger partial charge in [-0.15, -0.1) is 10.2 Å². The Kier molecular flexibility index (Phi) is 5.27. The minimum absolute atomic E-state index is 0.0122. The molecule has 1 aromatic carbocycles. The number of Topliss-reactive ketones (excluding diaryl/α,β-unsaturated/α-hetero) is 1. The predicted molar refractivity (Wildman–Crippen MR) is 80.4 cm³/mol. The zero-order valence-electron chi connectivity index (χ0n) is 11.5. The van der Waals surface area contributed by atoms with Gasteiger partial charge in [0.25, 0.3) is 0 Å². The summed E-state index contributed by atoms with van der Waals surface area (Å²) < 4.78 is 0. The molecule has 0 saturated heterocycles. The molecule has 0 aliphatic heterocycles. The standard InChI is InChI=1S/C13H15Cl2N5O/c1-2-11(16)12(21)7-20-18-13(17-19-20)6-8-9(14)4-3-5-10(8)15/h3-5,11H,2,6-7,16H2,1H3. The van der Waals surface area contributed by atoms with Crippen molar-refractivity contribution in [3.05, 3.63) is 39.6 Å². The second kappa shape index (κ2) is 6.98. The largest absolute Gasteiger partial charge is 0.321 e. The van der Waals surface area contributed by atoms with E-state index in [0.717, 1.165) is 5.56 Å². The van der Waals surface area contributed by atoms with Gasteiger partial charge in [0.1, 0.15) is 6.54 Å². The fourth-order valence-electron chi connectivity index (χ4n) is 1.76. The number of tetrazole rings is 1. The van der Waals surface area contributed by atoms with Crippen molar-refractivity contribution < 1.29 is 4.79 Å². The monoisotopic (exact) mass is 327 g/mol. The third-order valence-electron chi connectivity index (χ3n) is 3.04. The van der Waals surface area contributed by atoms with E-state index in [-0.39, 0.29) is 12.3 Å². The number of halogens is 2. The van der Waals surface area contributed by atoms with Crippen molar-refractivity contribution in [2.24, 2.45) is 5.73 Å². The van der Waals surface area contributed by atoms with Crippen LogP contribution in [0.25, 0.3) is 0 Å². The fraction of sp³-hybridized carbons (Fsp3) is 0.385. The van der Waals surface area contributed by atoms with Crippen LogP contribution >= 0.6 is 23.2 Å². The first-order chi connectivity index (χ1) is 10.0. The molecule has 8 heteroatoms. The van der Waals surface area contributed by atoms with Crippen molar-refractivity contribution in [3.63, 3.8) is 0 Å². The normalized spacial score (nSPS) is 12.4. The second-order valence-electron chi connectivity index (χ2n) is 4.59. The first-order valence-corrected chi connectivity index (χ1v) is 7.24. The Morgan fingerprint density at radius 1 is 1.38 bits per heavy atom. The van der Waals surface area contributed by atoms with E-state index >= 15 is 0 Å². The number of nitrogens with two attached hydrogens (primary N) is 1. The quantitative estimate of drug-likeness (QED) is 0.875. The van der Waals surface area contributed by atoms with Gasteiger partial charge in [-0.05, 0) is 29.3 Å². The lowest BCUT2D eigenvalue weighted by Gasteiger charge is -2.05. The maximum Gasteiger partial charge on any atom is 0.179 e. The summed E-state index contributed by atoms with van der Waals surface area (Å²) in [7, 11) is 0. The summed E-state index contributed by atoms with van der Waals surface area (Å²) >= 11 is 12.2. The molecule has 0 aliphatic rings. The molecular formula is C13H15Cl2N5O. The van der Waals surface area contributed by atoms with Crippen LogP contribution in [0.2, 0.25) is 10.0 Å². The molecule has 2 N–H and O–H groups in total. The molecule has 1 aromatic heterocycles. The van der Waals surface area contributed by atoms with Gasteiger partial charge in [0.05, 0.1) is 6.04 Å².